The van der Waals surface area contributed by atoms with Crippen LogP contribution < -0.4 is 10.2 Å². The van der Waals surface area contributed by atoms with Gasteiger partial charge in [-0.25, -0.2) is 15.0 Å². The normalized spacial score (nSPS) is 13.9. The summed E-state index contributed by atoms with van der Waals surface area (Å²) in [5.41, 5.74) is 2.30. The molecule has 1 N–H and O–H groups in total. The van der Waals surface area contributed by atoms with Crippen molar-refractivity contribution >= 4 is 28.4 Å². The van der Waals surface area contributed by atoms with Crippen LogP contribution in [0, 0.1) is 11.8 Å². The topological polar surface area (TPSA) is 85.2 Å². The Morgan fingerprint density at radius 2 is 1.96 bits per heavy atom. The average Bonchev–Trinajstić information content (AvgIpc) is 3.12. The number of nitrogens with zero attached hydrogens (tertiary/aromatic N) is 5. The second kappa shape index (κ2) is 7.43. The molecule has 2 aromatic heterocycles. The Morgan fingerprint density at radius 3 is 2.78 bits per heavy atom. The summed E-state index contributed by atoms with van der Waals surface area (Å²) in [5, 5.41) is 2.76. The van der Waals surface area contributed by atoms with E-state index in [-0.39, 0.29) is 5.91 Å². The number of amides is 1. The Hall–Kier alpha value is -3.44. The van der Waals surface area contributed by atoms with Gasteiger partial charge in [-0.2, -0.15) is 0 Å². The van der Waals surface area contributed by atoms with Gasteiger partial charge >= 0.3 is 0 Å². The van der Waals surface area contributed by atoms with Crippen LogP contribution in [0.15, 0.2) is 36.9 Å². The zero-order chi connectivity index (χ0) is 18.6. The van der Waals surface area contributed by atoms with Crippen LogP contribution in [0.25, 0.3) is 16.9 Å². The molecule has 1 saturated heterocycles. The van der Waals surface area contributed by atoms with Crippen LogP contribution in [0.5, 0.6) is 0 Å². The minimum Gasteiger partial charge on any atom is -0.378 e. The number of ether oxygens (including phenoxy) is 1. The molecule has 1 aliphatic heterocycles. The minimum atomic E-state index is -0.348. The van der Waals surface area contributed by atoms with Crippen molar-refractivity contribution in [3.8, 4) is 17.7 Å². The highest BCUT2D eigenvalue weighted by atomic mass is 16.5. The van der Waals surface area contributed by atoms with Crippen LogP contribution in [-0.2, 0) is 9.53 Å². The summed E-state index contributed by atoms with van der Waals surface area (Å²) in [6, 6.07) is 7.44. The highest BCUT2D eigenvalue weighted by molar-refractivity contribution is 6.04. The number of hydrogen-bond donors (Lipinski definition) is 1. The molecular formula is C19H18N6O2. The van der Waals surface area contributed by atoms with Gasteiger partial charge in [0.25, 0.3) is 5.91 Å². The molecular weight excluding hydrogens is 344 g/mol. The molecule has 1 aromatic carbocycles. The molecule has 0 unspecified atom stereocenters. The molecule has 4 rings (SSSR count). The summed E-state index contributed by atoms with van der Waals surface area (Å²) in [6.07, 6.45) is 3.27. The Morgan fingerprint density at radius 1 is 1.15 bits per heavy atom. The van der Waals surface area contributed by atoms with E-state index < -0.39 is 0 Å². The number of hydrogen-bond acceptors (Lipinski definition) is 6. The molecule has 8 nitrogen and oxygen atoms in total. The van der Waals surface area contributed by atoms with Crippen molar-refractivity contribution in [2.75, 3.05) is 36.5 Å². The second-order valence-electron chi connectivity index (χ2n) is 5.98. The molecule has 8 heteroatoms. The Bertz CT molecular complexity index is 1040. The van der Waals surface area contributed by atoms with Crippen LogP contribution >= 0.6 is 0 Å². The van der Waals surface area contributed by atoms with Crippen molar-refractivity contribution in [2.24, 2.45) is 0 Å². The molecule has 1 amide bonds. The zero-order valence-electron chi connectivity index (χ0n) is 14.8. The van der Waals surface area contributed by atoms with Gasteiger partial charge in [0.2, 0.25) is 0 Å². The van der Waals surface area contributed by atoms with Gasteiger partial charge in [-0.3, -0.25) is 9.36 Å². The first-order valence-corrected chi connectivity index (χ1v) is 8.60. The number of anilines is 2. The Kier molecular flexibility index (Phi) is 4.68. The molecule has 27 heavy (non-hydrogen) atoms. The van der Waals surface area contributed by atoms with E-state index in [9.17, 15) is 4.79 Å². The number of fused-ring (bicyclic) bond motifs is 1. The quantitative estimate of drug-likeness (QED) is 0.713. The van der Waals surface area contributed by atoms with E-state index in [1.165, 1.54) is 0 Å². The SMILES string of the molecule is CC#CC(=O)Nc1ccc2ncn(-c3cc(N4CCOCC4)ncn3)c2c1. The predicted octanol–water partition coefficient (Wildman–Crippen LogP) is 1.61. The van der Waals surface area contributed by atoms with E-state index in [0.717, 1.165) is 29.9 Å². The number of carbonyl (C=O) groups is 1. The molecule has 3 heterocycles. The van der Waals surface area contributed by atoms with Gasteiger partial charge in [-0.1, -0.05) is 5.92 Å². The molecule has 1 aliphatic rings. The van der Waals surface area contributed by atoms with E-state index in [1.807, 2.05) is 22.8 Å². The van der Waals surface area contributed by atoms with Gasteiger partial charge in [-0.05, 0) is 31.0 Å². The number of morpholine rings is 1. The minimum absolute atomic E-state index is 0.348. The number of rotatable bonds is 3. The Labute approximate surface area is 156 Å². The van der Waals surface area contributed by atoms with Gasteiger partial charge in [0.05, 0.1) is 24.2 Å². The predicted molar refractivity (Wildman–Crippen MR) is 102 cm³/mol. The van der Waals surface area contributed by atoms with Crippen molar-refractivity contribution in [2.45, 2.75) is 6.92 Å². The van der Waals surface area contributed by atoms with Crippen molar-refractivity contribution in [3.63, 3.8) is 0 Å². The van der Waals surface area contributed by atoms with E-state index in [0.29, 0.717) is 24.7 Å². The van der Waals surface area contributed by atoms with Crippen LogP contribution in [-0.4, -0.2) is 51.7 Å². The van der Waals surface area contributed by atoms with E-state index in [1.54, 1.807) is 25.6 Å². The molecule has 3 aromatic rings. The molecule has 0 atom stereocenters. The van der Waals surface area contributed by atoms with E-state index >= 15 is 0 Å². The van der Waals surface area contributed by atoms with Gasteiger partial charge in [0.15, 0.2) is 0 Å². The fourth-order valence-corrected chi connectivity index (χ4v) is 2.98. The number of imidazole rings is 1. The van der Waals surface area contributed by atoms with Crippen molar-refractivity contribution in [1.82, 2.24) is 19.5 Å². The second-order valence-corrected chi connectivity index (χ2v) is 5.98. The van der Waals surface area contributed by atoms with E-state index in [4.69, 9.17) is 4.74 Å². The first-order chi connectivity index (χ1) is 13.2. The van der Waals surface area contributed by atoms with Crippen molar-refractivity contribution in [3.05, 3.63) is 36.9 Å². The maximum Gasteiger partial charge on any atom is 0.300 e. The fourth-order valence-electron chi connectivity index (χ4n) is 2.98. The number of nitrogens with one attached hydrogen (secondary N) is 1. The lowest BCUT2D eigenvalue weighted by molar-refractivity contribution is -0.111. The lowest BCUT2D eigenvalue weighted by Crippen LogP contribution is -2.36. The number of benzene rings is 1. The van der Waals surface area contributed by atoms with Crippen LogP contribution in [0.2, 0.25) is 0 Å². The largest absolute Gasteiger partial charge is 0.378 e. The molecule has 0 radical (unpaired) electrons. The van der Waals surface area contributed by atoms with Crippen LogP contribution in [0.4, 0.5) is 11.5 Å². The fraction of sp³-hybridized carbons (Fsp3) is 0.263. The highest BCUT2D eigenvalue weighted by Gasteiger charge is 2.14. The number of carbonyl (C=O) groups excluding carboxylic acids is 1. The smallest absolute Gasteiger partial charge is 0.300 e. The van der Waals surface area contributed by atoms with Crippen LogP contribution in [0.1, 0.15) is 6.92 Å². The third-order valence-electron chi connectivity index (χ3n) is 4.26. The molecule has 0 bridgehead atoms. The van der Waals surface area contributed by atoms with Gasteiger partial charge in [0.1, 0.15) is 24.3 Å². The van der Waals surface area contributed by atoms with Gasteiger partial charge < -0.3 is 15.0 Å². The maximum atomic E-state index is 11.7. The van der Waals surface area contributed by atoms with Crippen molar-refractivity contribution in [1.29, 1.82) is 0 Å². The first kappa shape index (κ1) is 17.0. The lowest BCUT2D eigenvalue weighted by Gasteiger charge is -2.27. The lowest BCUT2D eigenvalue weighted by atomic mass is 10.2. The van der Waals surface area contributed by atoms with Crippen LogP contribution in [0.3, 0.4) is 0 Å². The third kappa shape index (κ3) is 3.59. The standard InChI is InChI=1S/C19H18N6O2/c1-2-3-19(26)23-14-4-5-15-16(10-14)25(13-22-15)18-11-17(20-12-21-18)24-6-8-27-9-7-24/h4-5,10-13H,6-9H2,1H3,(H,23,26). The van der Waals surface area contributed by atoms with E-state index in [2.05, 4.69) is 37.0 Å². The first-order valence-electron chi connectivity index (χ1n) is 8.60. The molecule has 136 valence electrons. The third-order valence-corrected chi connectivity index (χ3v) is 4.26. The molecule has 1 fully saturated rings. The molecule has 0 spiro atoms. The maximum absolute atomic E-state index is 11.7. The zero-order valence-corrected chi connectivity index (χ0v) is 14.8. The highest BCUT2D eigenvalue weighted by Crippen LogP contribution is 2.22. The summed E-state index contributed by atoms with van der Waals surface area (Å²) >= 11 is 0. The van der Waals surface area contributed by atoms with Crippen molar-refractivity contribution < 1.29 is 9.53 Å². The molecule has 0 saturated carbocycles. The Balaban J connectivity index is 1.68. The molecule has 0 aliphatic carbocycles. The summed E-state index contributed by atoms with van der Waals surface area (Å²) in [6.45, 7) is 4.61. The average molecular weight is 362 g/mol. The summed E-state index contributed by atoms with van der Waals surface area (Å²) < 4.78 is 7.28. The summed E-state index contributed by atoms with van der Waals surface area (Å²) in [7, 11) is 0. The summed E-state index contributed by atoms with van der Waals surface area (Å²) in [4.78, 5) is 27.1. The van der Waals surface area contributed by atoms with Gasteiger partial charge in [0, 0.05) is 24.8 Å². The summed E-state index contributed by atoms with van der Waals surface area (Å²) in [5.74, 6) is 6.27. The van der Waals surface area contributed by atoms with Gasteiger partial charge in [-0.15, -0.1) is 0 Å². The number of aromatic nitrogens is 4. The monoisotopic (exact) mass is 362 g/mol.